The van der Waals surface area contributed by atoms with Gasteiger partial charge in [-0.3, -0.25) is 9.69 Å². The molecule has 0 bridgehead atoms. The zero-order chi connectivity index (χ0) is 9.26. The Balaban J connectivity index is 2.38. The Labute approximate surface area is 76.6 Å². The summed E-state index contributed by atoms with van der Waals surface area (Å²) in [7, 11) is 1.92. The minimum atomic E-state index is -0.0000463. The van der Waals surface area contributed by atoms with Gasteiger partial charge in [-0.2, -0.15) is 0 Å². The van der Waals surface area contributed by atoms with E-state index in [2.05, 4.69) is 10.3 Å². The van der Waals surface area contributed by atoms with Gasteiger partial charge in [-0.25, -0.2) is 4.98 Å². The standard InChI is InChI=1S/C9H11N3O/c1-12-5-7-3-2-4-10-9(7)11-8(13)6-12/h2-4H,5-6H2,1H3,(H,10,11,13). The van der Waals surface area contributed by atoms with Crippen LogP contribution < -0.4 is 5.32 Å². The van der Waals surface area contributed by atoms with Gasteiger partial charge in [0.1, 0.15) is 5.82 Å². The van der Waals surface area contributed by atoms with Crippen molar-refractivity contribution >= 4 is 11.7 Å². The van der Waals surface area contributed by atoms with Crippen molar-refractivity contribution < 1.29 is 4.79 Å². The molecule has 0 atom stereocenters. The normalized spacial score (nSPS) is 17.5. The minimum Gasteiger partial charge on any atom is -0.309 e. The summed E-state index contributed by atoms with van der Waals surface area (Å²) < 4.78 is 0. The summed E-state index contributed by atoms with van der Waals surface area (Å²) in [5, 5.41) is 2.76. The Bertz CT molecular complexity index is 337. The number of carbonyl (C=O) groups is 1. The minimum absolute atomic E-state index is 0.0000463. The molecule has 1 N–H and O–H groups in total. The van der Waals surface area contributed by atoms with Crippen LogP contribution in [0.2, 0.25) is 0 Å². The SMILES string of the molecule is CN1CC(=O)Nc2ncccc2C1. The topological polar surface area (TPSA) is 45.2 Å². The van der Waals surface area contributed by atoms with Crippen LogP contribution in [0, 0.1) is 0 Å². The number of nitrogens with one attached hydrogen (secondary N) is 1. The highest BCUT2D eigenvalue weighted by Gasteiger charge is 2.16. The molecule has 1 amide bonds. The first-order valence-corrected chi connectivity index (χ1v) is 4.18. The third kappa shape index (κ3) is 1.67. The van der Waals surface area contributed by atoms with E-state index in [0.717, 1.165) is 12.1 Å². The number of nitrogens with zero attached hydrogens (tertiary/aromatic N) is 2. The van der Waals surface area contributed by atoms with E-state index in [9.17, 15) is 4.79 Å². The lowest BCUT2D eigenvalue weighted by Gasteiger charge is -2.10. The first kappa shape index (κ1) is 8.19. The second-order valence-corrected chi connectivity index (χ2v) is 3.23. The van der Waals surface area contributed by atoms with E-state index in [-0.39, 0.29) is 5.91 Å². The Kier molecular flexibility index (Phi) is 1.98. The fraction of sp³-hybridized carbons (Fsp3) is 0.333. The zero-order valence-corrected chi connectivity index (χ0v) is 7.45. The second kappa shape index (κ2) is 3.14. The van der Waals surface area contributed by atoms with Crippen LogP contribution in [0.15, 0.2) is 18.3 Å². The van der Waals surface area contributed by atoms with Gasteiger partial charge in [0.2, 0.25) is 5.91 Å². The number of hydrogen-bond donors (Lipinski definition) is 1. The van der Waals surface area contributed by atoms with Gasteiger partial charge in [-0.15, -0.1) is 0 Å². The molecule has 0 saturated heterocycles. The molecule has 0 aromatic carbocycles. The molecule has 0 saturated carbocycles. The molecule has 13 heavy (non-hydrogen) atoms. The van der Waals surface area contributed by atoms with E-state index in [1.54, 1.807) is 6.20 Å². The summed E-state index contributed by atoms with van der Waals surface area (Å²) in [6.07, 6.45) is 1.68. The summed E-state index contributed by atoms with van der Waals surface area (Å²) in [5.74, 6) is 0.691. The first-order chi connectivity index (χ1) is 6.25. The molecule has 1 aliphatic heterocycles. The van der Waals surface area contributed by atoms with Crippen LogP contribution in [-0.4, -0.2) is 29.4 Å². The van der Waals surface area contributed by atoms with Crippen molar-refractivity contribution in [2.45, 2.75) is 6.54 Å². The van der Waals surface area contributed by atoms with E-state index in [0.29, 0.717) is 12.4 Å². The van der Waals surface area contributed by atoms with Crippen molar-refractivity contribution in [1.82, 2.24) is 9.88 Å². The third-order valence-corrected chi connectivity index (χ3v) is 2.00. The van der Waals surface area contributed by atoms with Crippen LogP contribution >= 0.6 is 0 Å². The maximum atomic E-state index is 11.3. The van der Waals surface area contributed by atoms with Gasteiger partial charge in [0.15, 0.2) is 0 Å². The lowest BCUT2D eigenvalue weighted by Crippen LogP contribution is -2.26. The summed E-state index contributed by atoms with van der Waals surface area (Å²) in [6.45, 7) is 1.19. The Morgan fingerprint density at radius 2 is 2.38 bits per heavy atom. The number of carbonyl (C=O) groups excluding carboxylic acids is 1. The maximum Gasteiger partial charge on any atom is 0.239 e. The molecule has 1 aromatic heterocycles. The fourth-order valence-electron chi connectivity index (χ4n) is 1.44. The van der Waals surface area contributed by atoms with E-state index in [1.165, 1.54) is 0 Å². The van der Waals surface area contributed by atoms with Crippen LogP contribution in [0.1, 0.15) is 5.56 Å². The van der Waals surface area contributed by atoms with Crippen LogP contribution in [0.25, 0.3) is 0 Å². The average Bonchev–Trinajstić information content (AvgIpc) is 2.20. The summed E-state index contributed by atoms with van der Waals surface area (Å²) >= 11 is 0. The highest BCUT2D eigenvalue weighted by Crippen LogP contribution is 2.15. The second-order valence-electron chi connectivity index (χ2n) is 3.23. The molecular formula is C9H11N3O. The molecule has 68 valence electrons. The van der Waals surface area contributed by atoms with Gasteiger partial charge in [0.25, 0.3) is 0 Å². The van der Waals surface area contributed by atoms with Gasteiger partial charge < -0.3 is 5.32 Å². The lowest BCUT2D eigenvalue weighted by atomic mass is 10.2. The zero-order valence-electron chi connectivity index (χ0n) is 7.45. The molecular weight excluding hydrogens is 166 g/mol. The Hall–Kier alpha value is -1.42. The molecule has 1 aliphatic rings. The van der Waals surface area contributed by atoms with E-state index in [1.807, 2.05) is 24.1 Å². The van der Waals surface area contributed by atoms with Crippen molar-refractivity contribution in [2.24, 2.45) is 0 Å². The monoisotopic (exact) mass is 177 g/mol. The summed E-state index contributed by atoms with van der Waals surface area (Å²) in [4.78, 5) is 17.3. The van der Waals surface area contributed by atoms with E-state index in [4.69, 9.17) is 0 Å². The Morgan fingerprint density at radius 1 is 1.54 bits per heavy atom. The van der Waals surface area contributed by atoms with Crippen LogP contribution in [0.5, 0.6) is 0 Å². The first-order valence-electron chi connectivity index (χ1n) is 4.18. The maximum absolute atomic E-state index is 11.3. The summed E-state index contributed by atoms with van der Waals surface area (Å²) in [6, 6.07) is 3.86. The number of anilines is 1. The van der Waals surface area contributed by atoms with Gasteiger partial charge in [0, 0.05) is 18.3 Å². The van der Waals surface area contributed by atoms with Crippen molar-refractivity contribution in [3.05, 3.63) is 23.9 Å². The lowest BCUT2D eigenvalue weighted by molar-refractivity contribution is -0.116. The van der Waals surface area contributed by atoms with Crippen molar-refractivity contribution in [1.29, 1.82) is 0 Å². The molecule has 4 heteroatoms. The average molecular weight is 177 g/mol. The number of rotatable bonds is 0. The predicted octanol–water partition coefficient (Wildman–Crippen LogP) is 0.465. The van der Waals surface area contributed by atoms with Crippen molar-refractivity contribution in [2.75, 3.05) is 18.9 Å². The number of likely N-dealkylation sites (N-methyl/N-ethyl adjacent to an activating group) is 1. The number of fused-ring (bicyclic) bond motifs is 1. The largest absolute Gasteiger partial charge is 0.309 e. The van der Waals surface area contributed by atoms with Crippen molar-refractivity contribution in [3.8, 4) is 0 Å². The third-order valence-electron chi connectivity index (χ3n) is 2.00. The molecule has 1 aromatic rings. The van der Waals surface area contributed by atoms with Gasteiger partial charge >= 0.3 is 0 Å². The highest BCUT2D eigenvalue weighted by molar-refractivity contribution is 5.92. The predicted molar refractivity (Wildman–Crippen MR) is 49.2 cm³/mol. The van der Waals surface area contributed by atoms with Gasteiger partial charge in [-0.05, 0) is 13.1 Å². The molecule has 0 aliphatic carbocycles. The summed E-state index contributed by atoms with van der Waals surface area (Å²) in [5.41, 5.74) is 1.07. The van der Waals surface area contributed by atoms with Crippen LogP contribution in [0.3, 0.4) is 0 Å². The molecule has 4 nitrogen and oxygen atoms in total. The Morgan fingerprint density at radius 3 is 3.23 bits per heavy atom. The molecule has 2 heterocycles. The number of aromatic nitrogens is 1. The number of pyridine rings is 1. The van der Waals surface area contributed by atoms with Gasteiger partial charge in [-0.1, -0.05) is 6.07 Å². The molecule has 0 radical (unpaired) electrons. The molecule has 0 unspecified atom stereocenters. The molecule has 0 spiro atoms. The number of hydrogen-bond acceptors (Lipinski definition) is 3. The van der Waals surface area contributed by atoms with Crippen LogP contribution in [0.4, 0.5) is 5.82 Å². The van der Waals surface area contributed by atoms with Gasteiger partial charge in [0.05, 0.1) is 6.54 Å². The number of amides is 1. The fourth-order valence-corrected chi connectivity index (χ4v) is 1.44. The molecule has 2 rings (SSSR count). The highest BCUT2D eigenvalue weighted by atomic mass is 16.2. The molecule has 0 fully saturated rings. The van der Waals surface area contributed by atoms with Crippen LogP contribution in [-0.2, 0) is 11.3 Å². The van der Waals surface area contributed by atoms with Crippen molar-refractivity contribution in [3.63, 3.8) is 0 Å². The van der Waals surface area contributed by atoms with E-state index < -0.39 is 0 Å². The quantitative estimate of drug-likeness (QED) is 0.626. The smallest absolute Gasteiger partial charge is 0.239 e. The van der Waals surface area contributed by atoms with E-state index >= 15 is 0 Å².